The maximum atomic E-state index is 12.1. The molecule has 26 heavy (non-hydrogen) atoms. The quantitative estimate of drug-likeness (QED) is 0.644. The first-order chi connectivity index (χ1) is 12.3. The van der Waals surface area contributed by atoms with Crippen LogP contribution in [0.25, 0.3) is 0 Å². The number of halogens is 2. The van der Waals surface area contributed by atoms with Gasteiger partial charge in [0.05, 0.1) is 13.1 Å². The van der Waals surface area contributed by atoms with Crippen molar-refractivity contribution in [1.82, 2.24) is 15.1 Å². The topological polar surface area (TPSA) is 61.9 Å². The molecular formula is C18H27F2N3O3. The molecule has 1 aromatic rings. The zero-order valence-corrected chi connectivity index (χ0v) is 15.5. The van der Waals surface area contributed by atoms with E-state index in [1.54, 1.807) is 29.0 Å². The molecule has 0 unspecified atom stereocenters. The van der Waals surface area contributed by atoms with E-state index in [1.165, 1.54) is 12.1 Å². The molecule has 0 aliphatic rings. The number of alkyl halides is 2. The molecule has 0 saturated carbocycles. The second-order valence-corrected chi connectivity index (χ2v) is 5.86. The molecule has 0 aliphatic heterocycles. The SMILES string of the molecule is CCN(CC)C(=O)CN(C)CC(=O)NCCc1ccc(OC(F)F)cc1. The second kappa shape index (κ2) is 11.4. The highest BCUT2D eigenvalue weighted by Gasteiger charge is 2.14. The van der Waals surface area contributed by atoms with Gasteiger partial charge in [-0.25, -0.2) is 0 Å². The number of amides is 2. The number of carbonyl (C=O) groups is 2. The van der Waals surface area contributed by atoms with Crippen molar-refractivity contribution in [1.29, 1.82) is 0 Å². The number of nitrogens with one attached hydrogen (secondary N) is 1. The van der Waals surface area contributed by atoms with Gasteiger partial charge in [-0.2, -0.15) is 8.78 Å². The van der Waals surface area contributed by atoms with E-state index in [0.29, 0.717) is 26.1 Å². The van der Waals surface area contributed by atoms with Gasteiger partial charge in [0.25, 0.3) is 0 Å². The van der Waals surface area contributed by atoms with E-state index in [-0.39, 0.29) is 30.7 Å². The van der Waals surface area contributed by atoms with Crippen molar-refractivity contribution in [2.75, 3.05) is 39.8 Å². The van der Waals surface area contributed by atoms with Crippen LogP contribution in [0, 0.1) is 0 Å². The summed E-state index contributed by atoms with van der Waals surface area (Å²) in [4.78, 5) is 27.3. The zero-order valence-electron chi connectivity index (χ0n) is 15.5. The summed E-state index contributed by atoms with van der Waals surface area (Å²) in [6, 6.07) is 6.29. The van der Waals surface area contributed by atoms with Gasteiger partial charge in [-0.3, -0.25) is 14.5 Å². The number of likely N-dealkylation sites (N-methyl/N-ethyl adjacent to an activating group) is 2. The second-order valence-electron chi connectivity index (χ2n) is 5.86. The maximum absolute atomic E-state index is 12.1. The molecule has 1 aromatic carbocycles. The molecule has 0 spiro atoms. The molecular weight excluding hydrogens is 344 g/mol. The van der Waals surface area contributed by atoms with Crippen LogP contribution < -0.4 is 10.1 Å². The summed E-state index contributed by atoms with van der Waals surface area (Å²) in [5, 5.41) is 2.78. The van der Waals surface area contributed by atoms with Crippen molar-refractivity contribution in [3.8, 4) is 5.75 Å². The fourth-order valence-electron chi connectivity index (χ4n) is 2.45. The van der Waals surface area contributed by atoms with Gasteiger partial charge < -0.3 is 15.0 Å². The summed E-state index contributed by atoms with van der Waals surface area (Å²) in [5.74, 6) is -0.0683. The zero-order chi connectivity index (χ0) is 19.5. The van der Waals surface area contributed by atoms with Crippen LogP contribution in [0.2, 0.25) is 0 Å². The fraction of sp³-hybridized carbons (Fsp3) is 0.556. The van der Waals surface area contributed by atoms with Gasteiger partial charge in [-0.1, -0.05) is 12.1 Å². The molecule has 0 atom stereocenters. The Kier molecular flexibility index (Phi) is 9.57. The molecule has 2 amide bonds. The summed E-state index contributed by atoms with van der Waals surface area (Å²) >= 11 is 0. The number of rotatable bonds is 11. The van der Waals surface area contributed by atoms with E-state index < -0.39 is 6.61 Å². The number of hydrogen-bond donors (Lipinski definition) is 1. The highest BCUT2D eigenvalue weighted by Crippen LogP contribution is 2.14. The van der Waals surface area contributed by atoms with Gasteiger partial charge in [0, 0.05) is 19.6 Å². The van der Waals surface area contributed by atoms with Crippen LogP contribution in [0.3, 0.4) is 0 Å². The van der Waals surface area contributed by atoms with Crippen molar-refractivity contribution < 1.29 is 23.1 Å². The number of ether oxygens (including phenoxy) is 1. The van der Waals surface area contributed by atoms with E-state index in [9.17, 15) is 18.4 Å². The van der Waals surface area contributed by atoms with Crippen molar-refractivity contribution in [2.45, 2.75) is 26.9 Å². The molecule has 146 valence electrons. The lowest BCUT2D eigenvalue weighted by atomic mass is 10.1. The number of carbonyl (C=O) groups excluding carboxylic acids is 2. The summed E-state index contributed by atoms with van der Waals surface area (Å²) in [7, 11) is 1.72. The molecule has 0 saturated heterocycles. The lowest BCUT2D eigenvalue weighted by Crippen LogP contribution is -2.42. The third-order valence-electron chi connectivity index (χ3n) is 3.82. The van der Waals surface area contributed by atoms with E-state index in [1.807, 2.05) is 13.8 Å². The Balaban J connectivity index is 2.30. The predicted octanol–water partition coefficient (Wildman–Crippen LogP) is 1.75. The minimum Gasteiger partial charge on any atom is -0.435 e. The van der Waals surface area contributed by atoms with E-state index in [0.717, 1.165) is 5.56 Å². The summed E-state index contributed by atoms with van der Waals surface area (Å²) in [6.07, 6.45) is 0.572. The highest BCUT2D eigenvalue weighted by molar-refractivity contribution is 5.81. The minimum absolute atomic E-state index is 0.00333. The average Bonchev–Trinajstić information content (AvgIpc) is 2.56. The smallest absolute Gasteiger partial charge is 0.387 e. The molecule has 1 rings (SSSR count). The average molecular weight is 371 g/mol. The van der Waals surface area contributed by atoms with Crippen molar-refractivity contribution >= 4 is 11.8 Å². The Hall–Kier alpha value is -2.22. The van der Waals surface area contributed by atoms with E-state index in [4.69, 9.17) is 0 Å². The summed E-state index contributed by atoms with van der Waals surface area (Å²) in [5.41, 5.74) is 0.900. The van der Waals surface area contributed by atoms with Gasteiger partial charge in [0.15, 0.2) is 0 Å². The Labute approximate surface area is 153 Å². The van der Waals surface area contributed by atoms with Crippen LogP contribution >= 0.6 is 0 Å². The molecule has 8 heteroatoms. The summed E-state index contributed by atoms with van der Waals surface area (Å²) in [6.45, 7) is 3.04. The minimum atomic E-state index is -2.84. The third kappa shape index (κ3) is 8.24. The summed E-state index contributed by atoms with van der Waals surface area (Å²) < 4.78 is 28.4. The Morgan fingerprint density at radius 2 is 1.73 bits per heavy atom. The Morgan fingerprint density at radius 3 is 2.27 bits per heavy atom. The van der Waals surface area contributed by atoms with Crippen molar-refractivity contribution in [3.05, 3.63) is 29.8 Å². The first kappa shape index (κ1) is 21.8. The molecule has 0 aromatic heterocycles. The van der Waals surface area contributed by atoms with Crippen molar-refractivity contribution in [2.24, 2.45) is 0 Å². The van der Waals surface area contributed by atoms with Crippen LogP contribution in [0.15, 0.2) is 24.3 Å². The molecule has 0 bridgehead atoms. The Bertz CT molecular complexity index is 563. The number of hydrogen-bond acceptors (Lipinski definition) is 4. The van der Waals surface area contributed by atoms with Crippen LogP contribution in [0.4, 0.5) is 8.78 Å². The first-order valence-electron chi connectivity index (χ1n) is 8.62. The maximum Gasteiger partial charge on any atom is 0.387 e. The number of nitrogens with zero attached hydrogens (tertiary/aromatic N) is 2. The molecule has 1 N–H and O–H groups in total. The Morgan fingerprint density at radius 1 is 1.12 bits per heavy atom. The van der Waals surface area contributed by atoms with Gasteiger partial charge in [0.2, 0.25) is 11.8 Å². The molecule has 6 nitrogen and oxygen atoms in total. The first-order valence-corrected chi connectivity index (χ1v) is 8.62. The van der Waals surface area contributed by atoms with Gasteiger partial charge in [-0.05, 0) is 45.0 Å². The molecule has 0 aliphatic carbocycles. The van der Waals surface area contributed by atoms with Gasteiger partial charge >= 0.3 is 6.61 Å². The van der Waals surface area contributed by atoms with E-state index >= 15 is 0 Å². The van der Waals surface area contributed by atoms with Gasteiger partial charge in [0.1, 0.15) is 5.75 Å². The third-order valence-corrected chi connectivity index (χ3v) is 3.82. The monoisotopic (exact) mass is 371 g/mol. The van der Waals surface area contributed by atoms with E-state index in [2.05, 4.69) is 10.1 Å². The normalized spacial score (nSPS) is 10.9. The number of benzene rings is 1. The lowest BCUT2D eigenvalue weighted by Gasteiger charge is -2.22. The molecule has 0 heterocycles. The lowest BCUT2D eigenvalue weighted by molar-refractivity contribution is -0.132. The molecule has 0 radical (unpaired) electrons. The van der Waals surface area contributed by atoms with Crippen LogP contribution in [0.5, 0.6) is 5.75 Å². The largest absolute Gasteiger partial charge is 0.435 e. The van der Waals surface area contributed by atoms with Gasteiger partial charge in [-0.15, -0.1) is 0 Å². The van der Waals surface area contributed by atoms with Crippen LogP contribution in [-0.2, 0) is 16.0 Å². The predicted molar refractivity (Wildman–Crippen MR) is 95.2 cm³/mol. The molecule has 0 fully saturated rings. The van der Waals surface area contributed by atoms with Crippen LogP contribution in [0.1, 0.15) is 19.4 Å². The van der Waals surface area contributed by atoms with Crippen molar-refractivity contribution in [3.63, 3.8) is 0 Å². The highest BCUT2D eigenvalue weighted by atomic mass is 19.3. The van der Waals surface area contributed by atoms with Crippen LogP contribution in [-0.4, -0.2) is 68.0 Å². The fourth-order valence-corrected chi connectivity index (χ4v) is 2.45. The standard InChI is InChI=1S/C18H27F2N3O3/c1-4-23(5-2)17(25)13-22(3)12-16(24)21-11-10-14-6-8-15(9-7-14)26-18(19)20/h6-9,18H,4-5,10-13H2,1-3H3,(H,21,24).